The van der Waals surface area contributed by atoms with Crippen molar-refractivity contribution in [1.29, 1.82) is 0 Å². The van der Waals surface area contributed by atoms with E-state index in [4.69, 9.17) is 16.8 Å². The van der Waals surface area contributed by atoms with Gasteiger partial charge in [0, 0.05) is 22.8 Å². The van der Waals surface area contributed by atoms with E-state index in [0.29, 0.717) is 22.2 Å². The van der Waals surface area contributed by atoms with Crippen molar-refractivity contribution in [3.05, 3.63) is 69.1 Å². The lowest BCUT2D eigenvalue weighted by atomic mass is 10.3. The van der Waals surface area contributed by atoms with E-state index in [1.54, 1.807) is 36.4 Å². The van der Waals surface area contributed by atoms with Crippen LogP contribution in [0.25, 0.3) is 16.7 Å². The number of anilines is 2. The van der Waals surface area contributed by atoms with Crippen LogP contribution in [0.3, 0.4) is 0 Å². The van der Waals surface area contributed by atoms with Crippen molar-refractivity contribution >= 4 is 39.8 Å². The SMILES string of the molecule is O=c1[nH]nc(Nc2ccc(Cl)cc2)c2nnn(-c3ccc([NH+]([O-])O)cc3)c12. The molecule has 11 heteroatoms. The zero-order chi connectivity index (χ0) is 19.0. The summed E-state index contributed by atoms with van der Waals surface area (Å²) >= 11 is 5.88. The van der Waals surface area contributed by atoms with Crippen molar-refractivity contribution in [2.45, 2.75) is 0 Å². The van der Waals surface area contributed by atoms with Crippen LogP contribution in [0.15, 0.2) is 53.3 Å². The summed E-state index contributed by atoms with van der Waals surface area (Å²) in [5.41, 5.74) is 1.32. The lowest BCUT2D eigenvalue weighted by molar-refractivity contribution is -0.991. The van der Waals surface area contributed by atoms with E-state index in [0.717, 1.165) is 0 Å². The Bertz CT molecular complexity index is 1150. The molecule has 4 rings (SSSR count). The molecule has 4 aromatic rings. The smallest absolute Gasteiger partial charge is 0.292 e. The van der Waals surface area contributed by atoms with Crippen LogP contribution in [0.5, 0.6) is 0 Å². The Morgan fingerprint density at radius 3 is 2.52 bits per heavy atom. The van der Waals surface area contributed by atoms with Gasteiger partial charge in [0.25, 0.3) is 5.56 Å². The maximum atomic E-state index is 12.3. The summed E-state index contributed by atoms with van der Waals surface area (Å²) in [5.74, 6) is 0.320. The normalized spacial score (nSPS) is 12.3. The largest absolute Gasteiger partial charge is 0.595 e. The van der Waals surface area contributed by atoms with Gasteiger partial charge in [0.15, 0.2) is 22.5 Å². The first kappa shape index (κ1) is 17.1. The van der Waals surface area contributed by atoms with Gasteiger partial charge in [-0.1, -0.05) is 16.8 Å². The van der Waals surface area contributed by atoms with Crippen LogP contribution >= 0.6 is 11.6 Å². The van der Waals surface area contributed by atoms with Crippen LogP contribution in [-0.2, 0) is 0 Å². The number of benzene rings is 2. The van der Waals surface area contributed by atoms with Gasteiger partial charge in [-0.05, 0) is 36.4 Å². The van der Waals surface area contributed by atoms with E-state index in [2.05, 4.69) is 25.8 Å². The zero-order valence-corrected chi connectivity index (χ0v) is 14.3. The highest BCUT2D eigenvalue weighted by atomic mass is 35.5. The Kier molecular flexibility index (Phi) is 4.30. The highest BCUT2D eigenvalue weighted by Crippen LogP contribution is 2.22. The first-order chi connectivity index (χ1) is 13.0. The number of H-pyrrole nitrogens is 1. The molecule has 0 aliphatic heterocycles. The molecule has 0 amide bonds. The van der Waals surface area contributed by atoms with Gasteiger partial charge in [-0.25, -0.2) is 15.0 Å². The zero-order valence-electron chi connectivity index (χ0n) is 13.5. The molecule has 4 N–H and O–H groups in total. The molecule has 27 heavy (non-hydrogen) atoms. The fourth-order valence-electron chi connectivity index (χ4n) is 2.54. The molecular formula is C16H12ClN7O3. The molecular weight excluding hydrogens is 374 g/mol. The monoisotopic (exact) mass is 385 g/mol. The van der Waals surface area contributed by atoms with Gasteiger partial charge in [0.1, 0.15) is 0 Å². The van der Waals surface area contributed by atoms with Crippen molar-refractivity contribution in [2.75, 3.05) is 5.32 Å². The quantitative estimate of drug-likeness (QED) is 0.389. The molecule has 10 nitrogen and oxygen atoms in total. The minimum absolute atomic E-state index is 0.129. The number of halogens is 1. The number of hydrogen-bond acceptors (Lipinski definition) is 7. The number of nitrogens with zero attached hydrogens (tertiary/aromatic N) is 4. The van der Waals surface area contributed by atoms with Crippen LogP contribution in [0.1, 0.15) is 0 Å². The van der Waals surface area contributed by atoms with Gasteiger partial charge in [0.2, 0.25) is 0 Å². The Hall–Kier alpha value is -3.31. The highest BCUT2D eigenvalue weighted by molar-refractivity contribution is 6.30. The number of aromatic amines is 1. The van der Waals surface area contributed by atoms with Crippen molar-refractivity contribution in [2.24, 2.45) is 0 Å². The number of hydrogen-bond donors (Lipinski definition) is 4. The minimum atomic E-state index is -1.04. The summed E-state index contributed by atoms with van der Waals surface area (Å²) < 4.78 is 1.33. The predicted molar refractivity (Wildman–Crippen MR) is 97.8 cm³/mol. The molecule has 0 aliphatic rings. The van der Waals surface area contributed by atoms with Crippen LogP contribution in [0, 0.1) is 5.21 Å². The van der Waals surface area contributed by atoms with Crippen LogP contribution in [-0.4, -0.2) is 30.4 Å². The Morgan fingerprint density at radius 1 is 1.15 bits per heavy atom. The Morgan fingerprint density at radius 2 is 1.85 bits per heavy atom. The Labute approximate surface area is 156 Å². The van der Waals surface area contributed by atoms with Crippen LogP contribution < -0.4 is 16.1 Å². The number of nitrogens with one attached hydrogen (secondary N) is 3. The fourth-order valence-corrected chi connectivity index (χ4v) is 2.67. The van der Waals surface area contributed by atoms with E-state index in [1.807, 2.05) is 0 Å². The second kappa shape index (κ2) is 6.78. The lowest BCUT2D eigenvalue weighted by Crippen LogP contribution is -2.99. The molecule has 0 radical (unpaired) electrons. The lowest BCUT2D eigenvalue weighted by Gasteiger charge is -2.11. The fraction of sp³-hybridized carbons (Fsp3) is 0. The molecule has 0 aliphatic carbocycles. The van der Waals surface area contributed by atoms with Gasteiger partial charge in [-0.2, -0.15) is 10.3 Å². The first-order valence-electron chi connectivity index (χ1n) is 7.73. The van der Waals surface area contributed by atoms with E-state index in [9.17, 15) is 10.0 Å². The minimum Gasteiger partial charge on any atom is -0.595 e. The van der Waals surface area contributed by atoms with Crippen molar-refractivity contribution < 1.29 is 10.4 Å². The second-order valence-electron chi connectivity index (χ2n) is 5.58. The van der Waals surface area contributed by atoms with E-state index in [1.165, 1.54) is 16.8 Å². The number of aromatic nitrogens is 5. The third-order valence-corrected chi connectivity index (χ3v) is 4.10. The second-order valence-corrected chi connectivity index (χ2v) is 6.02. The molecule has 136 valence electrons. The summed E-state index contributed by atoms with van der Waals surface area (Å²) in [5, 5.41) is 37.1. The molecule has 0 saturated carbocycles. The van der Waals surface area contributed by atoms with Crippen LogP contribution in [0.4, 0.5) is 17.2 Å². The number of quaternary nitrogens is 1. The molecule has 1 atom stereocenters. The standard InChI is InChI=1S/C16H12ClN7O3/c17-9-1-3-10(4-2-9)18-15-13-14(16(25)21-20-15)23(22-19-13)11-5-7-12(8-6-11)24(26)27/h1-8,24,26H,(H,18,20)(H,21,25). The van der Waals surface area contributed by atoms with Gasteiger partial charge < -0.3 is 10.5 Å². The summed E-state index contributed by atoms with van der Waals surface area (Å²) in [6, 6.07) is 12.9. The molecule has 2 aromatic carbocycles. The number of rotatable bonds is 4. The van der Waals surface area contributed by atoms with Crippen LogP contribution in [0.2, 0.25) is 5.02 Å². The van der Waals surface area contributed by atoms with Crippen molar-refractivity contribution in [1.82, 2.24) is 25.2 Å². The van der Waals surface area contributed by atoms with Gasteiger partial charge in [0.05, 0.1) is 5.69 Å². The highest BCUT2D eigenvalue weighted by Gasteiger charge is 2.16. The molecule has 0 fully saturated rings. The third-order valence-electron chi connectivity index (χ3n) is 3.84. The Balaban J connectivity index is 1.78. The van der Waals surface area contributed by atoms with Gasteiger partial charge in [-0.3, -0.25) is 4.79 Å². The van der Waals surface area contributed by atoms with Crippen molar-refractivity contribution in [3.63, 3.8) is 0 Å². The predicted octanol–water partition coefficient (Wildman–Crippen LogP) is 1.30. The van der Waals surface area contributed by atoms with E-state index in [-0.39, 0.29) is 16.7 Å². The number of fused-ring (bicyclic) bond motifs is 1. The summed E-state index contributed by atoms with van der Waals surface area (Å²) in [6.07, 6.45) is 0. The van der Waals surface area contributed by atoms with E-state index < -0.39 is 10.8 Å². The van der Waals surface area contributed by atoms with Crippen molar-refractivity contribution in [3.8, 4) is 5.69 Å². The molecule has 2 heterocycles. The van der Waals surface area contributed by atoms with Gasteiger partial charge >= 0.3 is 0 Å². The molecule has 1 unspecified atom stereocenters. The first-order valence-corrected chi connectivity index (χ1v) is 8.11. The maximum Gasteiger partial charge on any atom is 0.292 e. The topological polar surface area (TPSA) is 136 Å². The maximum absolute atomic E-state index is 12.3. The third kappa shape index (κ3) is 3.25. The molecule has 0 bridgehead atoms. The van der Waals surface area contributed by atoms with E-state index >= 15 is 0 Å². The van der Waals surface area contributed by atoms with Gasteiger partial charge in [-0.15, -0.1) is 5.10 Å². The summed E-state index contributed by atoms with van der Waals surface area (Å²) in [6.45, 7) is 0. The molecule has 0 spiro atoms. The molecule has 0 saturated heterocycles. The average molecular weight is 386 g/mol. The summed E-state index contributed by atoms with van der Waals surface area (Å²) in [4.78, 5) is 12.3. The molecule has 2 aromatic heterocycles. The summed E-state index contributed by atoms with van der Waals surface area (Å²) in [7, 11) is 0. The average Bonchev–Trinajstić information content (AvgIpc) is 3.12.